The van der Waals surface area contributed by atoms with E-state index in [0.29, 0.717) is 0 Å². The van der Waals surface area contributed by atoms with Crippen LogP contribution in [0.15, 0.2) is 42.5 Å². The zero-order valence-corrected chi connectivity index (χ0v) is 11.6. The lowest BCUT2D eigenvalue weighted by atomic mass is 10.1. The first-order valence-electron chi connectivity index (χ1n) is 7.36. The van der Waals surface area contributed by atoms with Crippen LogP contribution in [0, 0.1) is 0 Å². The van der Waals surface area contributed by atoms with Crippen molar-refractivity contribution in [1.29, 1.82) is 0 Å². The highest BCUT2D eigenvalue weighted by molar-refractivity contribution is 6.03. The first kappa shape index (κ1) is 13.1. The lowest BCUT2D eigenvalue weighted by Gasteiger charge is -2.16. The van der Waals surface area contributed by atoms with Gasteiger partial charge in [0.25, 0.3) is 0 Å². The molecule has 1 fully saturated rings. The number of carbonyl (C=O) groups excluding carboxylic acids is 1. The molecule has 0 aromatic heterocycles. The molecule has 1 atom stereocenters. The summed E-state index contributed by atoms with van der Waals surface area (Å²) in [7, 11) is 0. The number of carbonyl (C=O) groups is 1. The van der Waals surface area contributed by atoms with E-state index in [2.05, 4.69) is 22.8 Å². The Kier molecular flexibility index (Phi) is 3.97. The second-order valence-electron chi connectivity index (χ2n) is 5.37. The van der Waals surface area contributed by atoms with Crippen molar-refractivity contribution < 1.29 is 4.79 Å². The third-order valence-corrected chi connectivity index (χ3v) is 3.92. The van der Waals surface area contributed by atoms with Crippen molar-refractivity contribution in [3.8, 4) is 0 Å². The summed E-state index contributed by atoms with van der Waals surface area (Å²) in [4.78, 5) is 12.4. The molecule has 0 aliphatic carbocycles. The number of benzene rings is 2. The summed E-state index contributed by atoms with van der Waals surface area (Å²) in [6.45, 7) is 0.938. The van der Waals surface area contributed by atoms with E-state index in [1.807, 2.05) is 30.3 Å². The quantitative estimate of drug-likeness (QED) is 0.877. The van der Waals surface area contributed by atoms with Crippen molar-refractivity contribution in [2.75, 3.05) is 11.9 Å². The Morgan fingerprint density at radius 3 is 2.85 bits per heavy atom. The van der Waals surface area contributed by atoms with Gasteiger partial charge in [0.05, 0.1) is 6.04 Å². The van der Waals surface area contributed by atoms with E-state index < -0.39 is 0 Å². The molecule has 0 spiro atoms. The van der Waals surface area contributed by atoms with Crippen LogP contribution in [0.25, 0.3) is 10.8 Å². The summed E-state index contributed by atoms with van der Waals surface area (Å²) in [5, 5.41) is 8.66. The Morgan fingerprint density at radius 2 is 1.90 bits per heavy atom. The predicted molar refractivity (Wildman–Crippen MR) is 82.8 cm³/mol. The third kappa shape index (κ3) is 2.83. The van der Waals surface area contributed by atoms with E-state index in [0.717, 1.165) is 42.3 Å². The van der Waals surface area contributed by atoms with Gasteiger partial charge in [-0.15, -0.1) is 0 Å². The molecule has 0 bridgehead atoms. The van der Waals surface area contributed by atoms with E-state index in [-0.39, 0.29) is 11.9 Å². The molecule has 20 heavy (non-hydrogen) atoms. The fourth-order valence-corrected chi connectivity index (χ4v) is 2.81. The molecule has 2 N–H and O–H groups in total. The number of rotatable bonds is 2. The minimum Gasteiger partial charge on any atom is -0.324 e. The van der Waals surface area contributed by atoms with Crippen LogP contribution in [-0.2, 0) is 4.79 Å². The highest BCUT2D eigenvalue weighted by Gasteiger charge is 2.19. The molecule has 0 radical (unpaired) electrons. The van der Waals surface area contributed by atoms with Crippen molar-refractivity contribution in [1.82, 2.24) is 5.32 Å². The van der Waals surface area contributed by atoms with Gasteiger partial charge in [-0.05, 0) is 30.8 Å². The van der Waals surface area contributed by atoms with Gasteiger partial charge >= 0.3 is 0 Å². The third-order valence-electron chi connectivity index (χ3n) is 3.92. The summed E-state index contributed by atoms with van der Waals surface area (Å²) in [5.74, 6) is 0.0863. The maximum Gasteiger partial charge on any atom is 0.241 e. The number of fused-ring (bicyclic) bond motifs is 1. The zero-order chi connectivity index (χ0) is 13.8. The lowest BCUT2D eigenvalue weighted by molar-refractivity contribution is -0.118. The second kappa shape index (κ2) is 6.06. The molecule has 1 heterocycles. The van der Waals surface area contributed by atoms with E-state index in [1.165, 1.54) is 6.42 Å². The van der Waals surface area contributed by atoms with E-state index in [9.17, 15) is 4.79 Å². The lowest BCUT2D eigenvalue weighted by Crippen LogP contribution is -2.39. The van der Waals surface area contributed by atoms with Crippen molar-refractivity contribution in [3.05, 3.63) is 42.5 Å². The van der Waals surface area contributed by atoms with Gasteiger partial charge in [-0.3, -0.25) is 4.79 Å². The molecular formula is C17H20N2O. The standard InChI is InChI=1S/C17H20N2O/c20-17(16-10-2-1-5-12-18-16)19-15-11-6-8-13-7-3-4-9-14(13)15/h3-4,6-9,11,16,18H,1-2,5,10,12H2,(H,19,20). The van der Waals surface area contributed by atoms with Crippen LogP contribution in [0.4, 0.5) is 5.69 Å². The molecule has 3 nitrogen and oxygen atoms in total. The Hall–Kier alpha value is -1.87. The molecule has 1 unspecified atom stereocenters. The number of amides is 1. The summed E-state index contributed by atoms with van der Waals surface area (Å²) in [6.07, 6.45) is 4.43. The van der Waals surface area contributed by atoms with Crippen molar-refractivity contribution in [2.24, 2.45) is 0 Å². The molecule has 2 aromatic carbocycles. The largest absolute Gasteiger partial charge is 0.324 e. The molecule has 3 heteroatoms. The van der Waals surface area contributed by atoms with Gasteiger partial charge < -0.3 is 10.6 Å². The molecule has 104 valence electrons. The average molecular weight is 268 g/mol. The van der Waals surface area contributed by atoms with Crippen molar-refractivity contribution in [2.45, 2.75) is 31.7 Å². The molecule has 0 saturated carbocycles. The summed E-state index contributed by atoms with van der Waals surface area (Å²) in [6, 6.07) is 14.1. The van der Waals surface area contributed by atoms with Crippen LogP contribution in [-0.4, -0.2) is 18.5 Å². The van der Waals surface area contributed by atoms with Gasteiger partial charge in [0.15, 0.2) is 0 Å². The monoisotopic (exact) mass is 268 g/mol. The molecule has 3 rings (SSSR count). The highest BCUT2D eigenvalue weighted by Crippen LogP contribution is 2.23. The summed E-state index contributed by atoms with van der Waals surface area (Å²) in [5.41, 5.74) is 0.902. The zero-order valence-electron chi connectivity index (χ0n) is 11.6. The minimum atomic E-state index is -0.0588. The normalized spacial score (nSPS) is 19.5. The summed E-state index contributed by atoms with van der Waals surface area (Å²) >= 11 is 0. The van der Waals surface area contributed by atoms with Gasteiger partial charge in [-0.25, -0.2) is 0 Å². The fourth-order valence-electron chi connectivity index (χ4n) is 2.81. The van der Waals surface area contributed by atoms with Crippen LogP contribution < -0.4 is 10.6 Å². The molecule has 2 aromatic rings. The minimum absolute atomic E-state index is 0.0588. The SMILES string of the molecule is O=C(Nc1cccc2ccccc12)C1CCCCCN1. The Labute approximate surface area is 119 Å². The Balaban J connectivity index is 1.80. The maximum atomic E-state index is 12.4. The molecule has 1 amide bonds. The van der Waals surface area contributed by atoms with Crippen LogP contribution in [0.3, 0.4) is 0 Å². The van der Waals surface area contributed by atoms with Crippen LogP contribution in [0.5, 0.6) is 0 Å². The topological polar surface area (TPSA) is 41.1 Å². The number of hydrogen-bond acceptors (Lipinski definition) is 2. The fraction of sp³-hybridized carbons (Fsp3) is 0.353. The average Bonchev–Trinajstić information content (AvgIpc) is 2.77. The van der Waals surface area contributed by atoms with Crippen LogP contribution >= 0.6 is 0 Å². The van der Waals surface area contributed by atoms with Crippen molar-refractivity contribution in [3.63, 3.8) is 0 Å². The Bertz CT molecular complexity index is 595. The molecular weight excluding hydrogens is 248 g/mol. The van der Waals surface area contributed by atoms with E-state index >= 15 is 0 Å². The van der Waals surface area contributed by atoms with Gasteiger partial charge in [0, 0.05) is 11.1 Å². The number of anilines is 1. The van der Waals surface area contributed by atoms with Gasteiger partial charge in [0.2, 0.25) is 5.91 Å². The molecule has 1 aliphatic rings. The number of nitrogens with one attached hydrogen (secondary N) is 2. The van der Waals surface area contributed by atoms with Crippen LogP contribution in [0.1, 0.15) is 25.7 Å². The van der Waals surface area contributed by atoms with Gasteiger partial charge in [-0.2, -0.15) is 0 Å². The Morgan fingerprint density at radius 1 is 1.05 bits per heavy atom. The van der Waals surface area contributed by atoms with Crippen LogP contribution in [0.2, 0.25) is 0 Å². The smallest absolute Gasteiger partial charge is 0.241 e. The number of hydrogen-bond donors (Lipinski definition) is 2. The van der Waals surface area contributed by atoms with Crippen molar-refractivity contribution >= 4 is 22.4 Å². The second-order valence-corrected chi connectivity index (χ2v) is 5.37. The maximum absolute atomic E-state index is 12.4. The predicted octanol–water partition coefficient (Wildman–Crippen LogP) is 3.31. The summed E-state index contributed by atoms with van der Waals surface area (Å²) < 4.78 is 0. The van der Waals surface area contributed by atoms with Gasteiger partial charge in [-0.1, -0.05) is 49.2 Å². The van der Waals surface area contributed by atoms with Gasteiger partial charge in [0.1, 0.15) is 0 Å². The van der Waals surface area contributed by atoms with E-state index in [1.54, 1.807) is 0 Å². The first-order valence-corrected chi connectivity index (χ1v) is 7.36. The first-order chi connectivity index (χ1) is 9.84. The highest BCUT2D eigenvalue weighted by atomic mass is 16.2. The molecule has 1 saturated heterocycles. The van der Waals surface area contributed by atoms with E-state index in [4.69, 9.17) is 0 Å². The molecule has 1 aliphatic heterocycles.